The molecular formula is C16H17N3O2. The molecule has 21 heavy (non-hydrogen) atoms. The summed E-state index contributed by atoms with van der Waals surface area (Å²) in [5, 5.41) is 0. The Morgan fingerprint density at radius 1 is 1.48 bits per heavy atom. The molecule has 2 heterocycles. The molecule has 0 aromatic carbocycles. The summed E-state index contributed by atoms with van der Waals surface area (Å²) in [6.45, 7) is 3.46. The predicted octanol–water partition coefficient (Wildman–Crippen LogP) is 2.68. The lowest BCUT2D eigenvalue weighted by Crippen LogP contribution is -2.10. The maximum absolute atomic E-state index is 12.0. The molecule has 0 bridgehead atoms. The van der Waals surface area contributed by atoms with Gasteiger partial charge in [0.15, 0.2) is 0 Å². The van der Waals surface area contributed by atoms with E-state index in [4.69, 9.17) is 0 Å². The van der Waals surface area contributed by atoms with Crippen molar-refractivity contribution in [3.05, 3.63) is 46.6 Å². The van der Waals surface area contributed by atoms with Crippen LogP contribution >= 0.6 is 0 Å². The van der Waals surface area contributed by atoms with Crippen LogP contribution < -0.4 is 5.56 Å². The van der Waals surface area contributed by atoms with Gasteiger partial charge in [-0.3, -0.25) is 19.6 Å². The third kappa shape index (κ3) is 3.72. The fourth-order valence-electron chi connectivity index (χ4n) is 1.98. The van der Waals surface area contributed by atoms with Gasteiger partial charge in [-0.05, 0) is 25.5 Å². The summed E-state index contributed by atoms with van der Waals surface area (Å²) in [5.41, 5.74) is 2.72. The highest BCUT2D eigenvalue weighted by molar-refractivity contribution is 5.90. The number of carbonyl (C=O) groups is 1. The maximum atomic E-state index is 12.0. The fourth-order valence-corrected chi connectivity index (χ4v) is 1.98. The normalized spacial score (nSPS) is 11.0. The van der Waals surface area contributed by atoms with Gasteiger partial charge in [0.1, 0.15) is 11.5 Å². The first-order valence-corrected chi connectivity index (χ1v) is 6.80. The SMILES string of the molecule is CCc1[nH]c(=O)c(N=CCC(C)=O)cc1-c1cccnc1. The van der Waals surface area contributed by atoms with Crippen molar-refractivity contribution in [3.63, 3.8) is 0 Å². The van der Waals surface area contributed by atoms with Gasteiger partial charge in [0.2, 0.25) is 0 Å². The van der Waals surface area contributed by atoms with Gasteiger partial charge >= 0.3 is 0 Å². The van der Waals surface area contributed by atoms with E-state index in [0.29, 0.717) is 12.1 Å². The monoisotopic (exact) mass is 283 g/mol. The number of aryl methyl sites for hydroxylation is 1. The van der Waals surface area contributed by atoms with Crippen LogP contribution in [0.1, 0.15) is 26.0 Å². The number of rotatable bonds is 5. The van der Waals surface area contributed by atoms with Crippen molar-refractivity contribution < 1.29 is 4.79 Å². The van der Waals surface area contributed by atoms with Gasteiger partial charge in [-0.25, -0.2) is 0 Å². The first-order valence-electron chi connectivity index (χ1n) is 6.80. The molecule has 0 aliphatic carbocycles. The molecule has 0 amide bonds. The number of aromatic nitrogens is 2. The first kappa shape index (κ1) is 14.8. The van der Waals surface area contributed by atoms with Crippen LogP contribution in [0, 0.1) is 0 Å². The second-order valence-electron chi connectivity index (χ2n) is 4.69. The largest absolute Gasteiger partial charge is 0.324 e. The summed E-state index contributed by atoms with van der Waals surface area (Å²) in [5.74, 6) is 0.00726. The summed E-state index contributed by atoms with van der Waals surface area (Å²) >= 11 is 0. The minimum absolute atomic E-state index is 0.00726. The van der Waals surface area contributed by atoms with Gasteiger partial charge in [-0.2, -0.15) is 0 Å². The molecule has 0 unspecified atom stereocenters. The number of nitrogens with zero attached hydrogens (tertiary/aromatic N) is 2. The zero-order chi connectivity index (χ0) is 15.2. The first-order chi connectivity index (χ1) is 10.1. The van der Waals surface area contributed by atoms with Crippen LogP contribution in [-0.4, -0.2) is 22.0 Å². The second kappa shape index (κ2) is 6.74. The van der Waals surface area contributed by atoms with Crippen molar-refractivity contribution in [2.24, 2.45) is 4.99 Å². The highest BCUT2D eigenvalue weighted by Crippen LogP contribution is 2.24. The summed E-state index contributed by atoms with van der Waals surface area (Å²) in [4.78, 5) is 34.0. The van der Waals surface area contributed by atoms with E-state index in [2.05, 4.69) is 15.0 Å². The van der Waals surface area contributed by atoms with Gasteiger partial charge in [0.25, 0.3) is 5.56 Å². The zero-order valence-electron chi connectivity index (χ0n) is 12.1. The molecule has 2 rings (SSSR count). The van der Waals surface area contributed by atoms with E-state index in [1.165, 1.54) is 13.1 Å². The van der Waals surface area contributed by atoms with Crippen LogP contribution in [0.4, 0.5) is 5.69 Å². The van der Waals surface area contributed by atoms with Crippen molar-refractivity contribution in [2.45, 2.75) is 26.7 Å². The number of Topliss-reactive ketones (excluding diaryl/α,β-unsaturated/α-hetero) is 1. The number of hydrogen-bond donors (Lipinski definition) is 1. The van der Waals surface area contributed by atoms with Gasteiger partial charge in [0.05, 0.1) is 0 Å². The molecule has 0 aliphatic rings. The number of ketones is 1. The average molecular weight is 283 g/mol. The molecule has 5 nitrogen and oxygen atoms in total. The Morgan fingerprint density at radius 2 is 2.29 bits per heavy atom. The Hall–Kier alpha value is -2.56. The quantitative estimate of drug-likeness (QED) is 0.857. The Labute approximate surface area is 122 Å². The number of pyridine rings is 2. The molecule has 0 aliphatic heterocycles. The van der Waals surface area contributed by atoms with E-state index >= 15 is 0 Å². The van der Waals surface area contributed by atoms with Crippen molar-refractivity contribution in [1.82, 2.24) is 9.97 Å². The van der Waals surface area contributed by atoms with Crippen LogP contribution in [0.25, 0.3) is 11.1 Å². The van der Waals surface area contributed by atoms with Crippen LogP contribution in [0.15, 0.2) is 40.4 Å². The molecule has 0 radical (unpaired) electrons. The summed E-state index contributed by atoms with van der Waals surface area (Å²) in [6.07, 6.45) is 5.84. The van der Waals surface area contributed by atoms with Gasteiger partial charge in [-0.1, -0.05) is 13.0 Å². The van der Waals surface area contributed by atoms with E-state index in [1.807, 2.05) is 19.1 Å². The molecule has 0 saturated carbocycles. The fraction of sp³-hybridized carbons (Fsp3) is 0.250. The van der Waals surface area contributed by atoms with E-state index in [9.17, 15) is 9.59 Å². The lowest BCUT2D eigenvalue weighted by molar-refractivity contribution is -0.115. The topological polar surface area (TPSA) is 75.2 Å². The van der Waals surface area contributed by atoms with Crippen LogP contribution in [-0.2, 0) is 11.2 Å². The summed E-state index contributed by atoms with van der Waals surface area (Å²) < 4.78 is 0. The highest BCUT2D eigenvalue weighted by Gasteiger charge is 2.08. The Bertz CT molecular complexity index is 718. The Kier molecular flexibility index (Phi) is 4.77. The third-order valence-corrected chi connectivity index (χ3v) is 3.04. The lowest BCUT2D eigenvalue weighted by atomic mass is 10.0. The van der Waals surface area contributed by atoms with E-state index in [1.54, 1.807) is 18.5 Å². The standard InChI is InChI=1S/C16H17N3O2/c1-3-14-13(12-5-4-7-17-10-12)9-15(16(21)19-14)18-8-6-11(2)20/h4-5,7-10H,3,6H2,1-2H3,(H,19,21). The molecule has 2 aromatic heterocycles. The molecule has 0 atom stereocenters. The summed E-state index contributed by atoms with van der Waals surface area (Å²) in [7, 11) is 0. The van der Waals surface area contributed by atoms with E-state index in [0.717, 1.165) is 16.8 Å². The zero-order valence-corrected chi connectivity index (χ0v) is 12.1. The van der Waals surface area contributed by atoms with Gasteiger partial charge in [0, 0.05) is 41.8 Å². The lowest BCUT2D eigenvalue weighted by Gasteiger charge is -2.08. The minimum atomic E-state index is -0.251. The van der Waals surface area contributed by atoms with Crippen molar-refractivity contribution in [3.8, 4) is 11.1 Å². The third-order valence-electron chi connectivity index (χ3n) is 3.04. The van der Waals surface area contributed by atoms with Crippen molar-refractivity contribution in [1.29, 1.82) is 0 Å². The number of nitrogens with one attached hydrogen (secondary N) is 1. The molecule has 2 aromatic rings. The van der Waals surface area contributed by atoms with Crippen molar-refractivity contribution in [2.75, 3.05) is 0 Å². The molecule has 1 N–H and O–H groups in total. The van der Waals surface area contributed by atoms with Gasteiger partial charge < -0.3 is 4.98 Å². The average Bonchev–Trinajstić information content (AvgIpc) is 2.49. The predicted molar refractivity (Wildman–Crippen MR) is 83.1 cm³/mol. The number of hydrogen-bond acceptors (Lipinski definition) is 4. The second-order valence-corrected chi connectivity index (χ2v) is 4.69. The minimum Gasteiger partial charge on any atom is -0.324 e. The van der Waals surface area contributed by atoms with Crippen molar-refractivity contribution >= 4 is 17.7 Å². The molecule has 0 fully saturated rings. The highest BCUT2D eigenvalue weighted by atomic mass is 16.1. The summed E-state index contributed by atoms with van der Waals surface area (Å²) in [6, 6.07) is 5.52. The molecule has 0 saturated heterocycles. The van der Waals surface area contributed by atoms with Crippen LogP contribution in [0.3, 0.4) is 0 Å². The van der Waals surface area contributed by atoms with E-state index in [-0.39, 0.29) is 17.8 Å². The molecular weight excluding hydrogens is 266 g/mol. The number of aromatic amines is 1. The van der Waals surface area contributed by atoms with Crippen LogP contribution in [0.5, 0.6) is 0 Å². The smallest absolute Gasteiger partial charge is 0.274 e. The Balaban J connectivity index is 2.47. The number of H-pyrrole nitrogens is 1. The van der Waals surface area contributed by atoms with Crippen LogP contribution in [0.2, 0.25) is 0 Å². The van der Waals surface area contributed by atoms with E-state index < -0.39 is 0 Å². The number of aliphatic imine (C=N–C) groups is 1. The molecule has 0 spiro atoms. The molecule has 5 heteroatoms. The molecule has 108 valence electrons. The van der Waals surface area contributed by atoms with Gasteiger partial charge in [-0.15, -0.1) is 0 Å². The Morgan fingerprint density at radius 3 is 2.90 bits per heavy atom. The maximum Gasteiger partial charge on any atom is 0.274 e. The number of carbonyl (C=O) groups excluding carboxylic acids is 1.